The number of hydrogen-bond acceptors (Lipinski definition) is 3. The van der Waals surface area contributed by atoms with Gasteiger partial charge in [0.25, 0.3) is 5.56 Å². The Kier molecular flexibility index (Phi) is 3.74. The van der Waals surface area contributed by atoms with Crippen molar-refractivity contribution in [1.29, 1.82) is 0 Å². The third kappa shape index (κ3) is 2.23. The molecule has 4 N–H and O–H groups in total. The predicted octanol–water partition coefficient (Wildman–Crippen LogP) is 2.03. The first kappa shape index (κ1) is 16.6. The average Bonchev–Trinajstić information content (AvgIpc) is 3.07. The average molecular weight is 377 g/mol. The van der Waals surface area contributed by atoms with Crippen LogP contribution in [0, 0.1) is 5.82 Å². The highest BCUT2D eigenvalue weighted by atomic mass is 35.5. The smallest absolute Gasteiger partial charge is 0.277 e. The number of pyridine rings is 1. The van der Waals surface area contributed by atoms with Crippen molar-refractivity contribution in [3.8, 4) is 11.1 Å². The Morgan fingerprint density at radius 3 is 2.73 bits per heavy atom. The molecule has 0 amide bonds. The van der Waals surface area contributed by atoms with E-state index in [2.05, 4.69) is 15.1 Å². The van der Waals surface area contributed by atoms with Crippen LogP contribution in [0.25, 0.3) is 33.1 Å². The van der Waals surface area contributed by atoms with E-state index in [-0.39, 0.29) is 40.1 Å². The summed E-state index contributed by atoms with van der Waals surface area (Å²) < 4.78 is 16.2. The van der Waals surface area contributed by atoms with E-state index in [1.165, 1.54) is 24.0 Å². The summed E-state index contributed by atoms with van der Waals surface area (Å²) >= 11 is 6.10. The van der Waals surface area contributed by atoms with E-state index in [0.717, 1.165) is 0 Å². The first-order chi connectivity index (χ1) is 12.4. The van der Waals surface area contributed by atoms with Gasteiger partial charge < -0.3 is 15.1 Å². The minimum atomic E-state index is -0.764. The molecule has 0 radical (unpaired) electrons. The number of aromatic nitrogens is 4. The SMILES string of the molecule is Cn1[nH]c2ccc(-c3c[nH]c4[nH]c(Cl)c(CCO)c4c3=O)c(F)c2c1=O. The fourth-order valence-corrected chi connectivity index (χ4v) is 3.53. The van der Waals surface area contributed by atoms with Crippen molar-refractivity contribution in [1.82, 2.24) is 19.7 Å². The number of nitrogens with zero attached hydrogens (tertiary/aromatic N) is 1. The third-order valence-corrected chi connectivity index (χ3v) is 4.81. The number of fused-ring (bicyclic) bond motifs is 2. The largest absolute Gasteiger partial charge is 0.396 e. The summed E-state index contributed by atoms with van der Waals surface area (Å²) in [5, 5.41) is 12.4. The van der Waals surface area contributed by atoms with Gasteiger partial charge in [-0.1, -0.05) is 11.6 Å². The highest BCUT2D eigenvalue weighted by molar-refractivity contribution is 6.31. The normalized spacial score (nSPS) is 11.7. The van der Waals surface area contributed by atoms with Crippen LogP contribution in [0.3, 0.4) is 0 Å². The van der Waals surface area contributed by atoms with E-state index < -0.39 is 16.8 Å². The van der Waals surface area contributed by atoms with Gasteiger partial charge in [0.15, 0.2) is 5.43 Å². The number of rotatable bonds is 3. The van der Waals surface area contributed by atoms with E-state index in [1.807, 2.05) is 0 Å². The zero-order chi connectivity index (χ0) is 18.6. The van der Waals surface area contributed by atoms with Gasteiger partial charge in [0.2, 0.25) is 0 Å². The number of aryl methyl sites for hydroxylation is 1. The Morgan fingerprint density at radius 1 is 1.23 bits per heavy atom. The molecule has 0 unspecified atom stereocenters. The van der Waals surface area contributed by atoms with Crippen LogP contribution in [0.4, 0.5) is 4.39 Å². The van der Waals surface area contributed by atoms with Crippen molar-refractivity contribution in [2.24, 2.45) is 7.05 Å². The van der Waals surface area contributed by atoms with Crippen LogP contribution in [0.2, 0.25) is 5.15 Å². The molecule has 134 valence electrons. The zero-order valence-electron chi connectivity index (χ0n) is 13.6. The van der Waals surface area contributed by atoms with Gasteiger partial charge in [-0.15, -0.1) is 0 Å². The molecule has 3 aromatic heterocycles. The first-order valence-electron chi connectivity index (χ1n) is 7.84. The lowest BCUT2D eigenvalue weighted by atomic mass is 10.0. The molecule has 4 aromatic rings. The monoisotopic (exact) mass is 376 g/mol. The van der Waals surface area contributed by atoms with Gasteiger partial charge in [-0.2, -0.15) is 0 Å². The maximum absolute atomic E-state index is 15.0. The van der Waals surface area contributed by atoms with Crippen molar-refractivity contribution in [3.63, 3.8) is 0 Å². The van der Waals surface area contributed by atoms with E-state index >= 15 is 4.39 Å². The second-order valence-corrected chi connectivity index (χ2v) is 6.38. The number of aliphatic hydroxyl groups is 1. The molecule has 1 aromatic carbocycles. The molecule has 7 nitrogen and oxygen atoms in total. The van der Waals surface area contributed by atoms with Crippen molar-refractivity contribution < 1.29 is 9.50 Å². The lowest BCUT2D eigenvalue weighted by Crippen LogP contribution is -2.13. The molecule has 0 fully saturated rings. The molecular formula is C17H14ClFN4O3. The van der Waals surface area contributed by atoms with Crippen molar-refractivity contribution >= 4 is 33.5 Å². The van der Waals surface area contributed by atoms with Gasteiger partial charge in [0, 0.05) is 36.5 Å². The molecule has 0 spiro atoms. The minimum absolute atomic E-state index is 0.0182. The Morgan fingerprint density at radius 2 is 2.00 bits per heavy atom. The molecule has 0 aliphatic heterocycles. The predicted molar refractivity (Wildman–Crippen MR) is 97.2 cm³/mol. The maximum atomic E-state index is 15.0. The van der Waals surface area contributed by atoms with Crippen molar-refractivity contribution in [2.75, 3.05) is 6.61 Å². The van der Waals surface area contributed by atoms with Crippen molar-refractivity contribution in [2.45, 2.75) is 6.42 Å². The number of nitrogens with one attached hydrogen (secondary N) is 3. The standard InChI is InChI=1S/C17H14ClFN4O3/c1-23-17(26)12-10(22-23)3-2-7(13(12)19)9-6-20-16-11(14(9)25)8(4-5-24)15(18)21-16/h2-3,6,22,24H,4-5H2,1H3,(H2,20,21,25). The second-order valence-electron chi connectivity index (χ2n) is 6.00. The molecule has 0 bridgehead atoms. The van der Waals surface area contributed by atoms with Gasteiger partial charge in [0.1, 0.15) is 22.0 Å². The van der Waals surface area contributed by atoms with Crippen LogP contribution in [0.1, 0.15) is 5.56 Å². The Bertz CT molecular complexity index is 1280. The van der Waals surface area contributed by atoms with Gasteiger partial charge in [-0.05, 0) is 18.6 Å². The van der Waals surface area contributed by atoms with Crippen LogP contribution in [-0.4, -0.2) is 31.5 Å². The van der Waals surface area contributed by atoms with Gasteiger partial charge in [-0.3, -0.25) is 19.4 Å². The quantitative estimate of drug-likeness (QED) is 0.439. The van der Waals surface area contributed by atoms with Crippen LogP contribution >= 0.6 is 11.6 Å². The Hall–Kier alpha value is -2.84. The molecule has 4 rings (SSSR count). The fourth-order valence-electron chi connectivity index (χ4n) is 3.24. The van der Waals surface area contributed by atoms with Gasteiger partial charge >= 0.3 is 0 Å². The number of H-pyrrole nitrogens is 3. The maximum Gasteiger partial charge on any atom is 0.277 e. The van der Waals surface area contributed by atoms with Gasteiger partial charge in [0.05, 0.1) is 10.9 Å². The number of aliphatic hydroxyl groups excluding tert-OH is 1. The van der Waals surface area contributed by atoms with Crippen LogP contribution in [0.15, 0.2) is 27.9 Å². The van der Waals surface area contributed by atoms with Crippen molar-refractivity contribution in [3.05, 3.63) is 55.4 Å². The summed E-state index contributed by atoms with van der Waals surface area (Å²) in [6, 6.07) is 3.00. The molecule has 0 aliphatic carbocycles. The summed E-state index contributed by atoms with van der Waals surface area (Å²) in [5.74, 6) is -0.764. The molecular weight excluding hydrogens is 363 g/mol. The molecule has 0 atom stereocenters. The molecule has 26 heavy (non-hydrogen) atoms. The summed E-state index contributed by atoms with van der Waals surface area (Å²) in [5.41, 5.74) is 0.359. The zero-order valence-corrected chi connectivity index (χ0v) is 14.4. The van der Waals surface area contributed by atoms with E-state index in [9.17, 15) is 14.7 Å². The number of benzene rings is 1. The topological polar surface area (TPSA) is 107 Å². The Labute approximate surface area is 150 Å². The van der Waals surface area contributed by atoms with Gasteiger partial charge in [-0.25, -0.2) is 4.39 Å². The highest BCUT2D eigenvalue weighted by Crippen LogP contribution is 2.28. The van der Waals surface area contributed by atoms with E-state index in [4.69, 9.17) is 11.6 Å². The lowest BCUT2D eigenvalue weighted by Gasteiger charge is -2.05. The summed E-state index contributed by atoms with van der Waals surface area (Å²) in [6.07, 6.45) is 1.56. The summed E-state index contributed by atoms with van der Waals surface area (Å²) in [6.45, 7) is -0.184. The minimum Gasteiger partial charge on any atom is -0.396 e. The Balaban J connectivity index is 2.05. The lowest BCUT2D eigenvalue weighted by molar-refractivity contribution is 0.300. The highest BCUT2D eigenvalue weighted by Gasteiger charge is 2.20. The van der Waals surface area contributed by atoms with E-state index in [1.54, 1.807) is 6.07 Å². The molecule has 0 aliphatic rings. The molecule has 0 saturated carbocycles. The summed E-state index contributed by atoms with van der Waals surface area (Å²) in [4.78, 5) is 30.8. The van der Waals surface area contributed by atoms with Crippen LogP contribution in [0.5, 0.6) is 0 Å². The second kappa shape index (κ2) is 5.86. The van der Waals surface area contributed by atoms with E-state index in [0.29, 0.717) is 16.7 Å². The number of hydrogen-bond donors (Lipinski definition) is 4. The number of halogens is 2. The third-order valence-electron chi connectivity index (χ3n) is 4.48. The molecule has 0 saturated heterocycles. The first-order valence-corrected chi connectivity index (χ1v) is 8.22. The summed E-state index contributed by atoms with van der Waals surface area (Å²) in [7, 11) is 1.49. The van der Waals surface area contributed by atoms with Crippen LogP contribution in [-0.2, 0) is 13.5 Å². The van der Waals surface area contributed by atoms with Crippen LogP contribution < -0.4 is 11.0 Å². The molecule has 9 heteroatoms. The fraction of sp³-hybridized carbons (Fsp3) is 0.176. The molecule has 3 heterocycles. The number of aromatic amines is 3.